The Labute approximate surface area is 103 Å². The third-order valence-electron chi connectivity index (χ3n) is 3.71. The quantitative estimate of drug-likeness (QED) is 0.660. The Balaban J connectivity index is 2.28. The molecule has 3 rings (SSSR count). The number of aryl methyl sites for hydroxylation is 2. The molecule has 0 spiro atoms. The molecule has 1 aromatic heterocycles. The van der Waals surface area contributed by atoms with Crippen molar-refractivity contribution >= 4 is 10.9 Å². The molecule has 0 radical (unpaired) electrons. The van der Waals surface area contributed by atoms with Gasteiger partial charge in [-0.15, -0.1) is 0 Å². The number of rotatable bonds is 0. The van der Waals surface area contributed by atoms with E-state index in [0.29, 0.717) is 0 Å². The van der Waals surface area contributed by atoms with E-state index in [9.17, 15) is 0 Å². The van der Waals surface area contributed by atoms with Crippen LogP contribution in [0.15, 0.2) is 24.3 Å². The summed E-state index contributed by atoms with van der Waals surface area (Å²) in [7, 11) is 0. The van der Waals surface area contributed by atoms with E-state index in [1.54, 1.807) is 0 Å². The molecule has 1 nitrogen and oxygen atoms in total. The molecule has 1 aliphatic rings. The van der Waals surface area contributed by atoms with Gasteiger partial charge < -0.3 is 0 Å². The lowest BCUT2D eigenvalue weighted by Crippen LogP contribution is -2.13. The molecule has 88 valence electrons. The number of aromatic nitrogens is 1. The first-order valence-electron chi connectivity index (χ1n) is 6.48. The molecular formula is C16H19N. The minimum absolute atomic E-state index is 0.134. The third kappa shape index (κ3) is 1.74. The van der Waals surface area contributed by atoms with Crippen LogP contribution < -0.4 is 0 Å². The van der Waals surface area contributed by atoms with E-state index in [0.717, 1.165) is 0 Å². The largest absolute Gasteiger partial charge is 0.252 e. The maximum absolute atomic E-state index is 4.92. The minimum Gasteiger partial charge on any atom is -0.252 e. The van der Waals surface area contributed by atoms with E-state index < -0.39 is 0 Å². The lowest BCUT2D eigenvalue weighted by Gasteiger charge is -2.18. The monoisotopic (exact) mass is 225 g/mol. The van der Waals surface area contributed by atoms with Crippen molar-refractivity contribution in [3.63, 3.8) is 0 Å². The average molecular weight is 225 g/mol. The van der Waals surface area contributed by atoms with Crippen molar-refractivity contribution in [1.82, 2.24) is 4.98 Å². The zero-order valence-electron chi connectivity index (χ0n) is 10.9. The molecular weight excluding hydrogens is 206 g/mol. The van der Waals surface area contributed by atoms with Crippen molar-refractivity contribution in [3.8, 4) is 0 Å². The summed E-state index contributed by atoms with van der Waals surface area (Å²) in [5.41, 5.74) is 5.58. The van der Waals surface area contributed by atoms with Gasteiger partial charge in [-0.1, -0.05) is 39.0 Å². The Bertz CT molecular complexity index is 576. The molecule has 0 atom stereocenters. The van der Waals surface area contributed by atoms with Gasteiger partial charge in [-0.05, 0) is 36.5 Å². The summed E-state index contributed by atoms with van der Waals surface area (Å²) < 4.78 is 0. The van der Waals surface area contributed by atoms with Crippen LogP contribution in [-0.2, 0) is 18.3 Å². The van der Waals surface area contributed by atoms with Crippen molar-refractivity contribution in [3.05, 3.63) is 41.1 Å². The van der Waals surface area contributed by atoms with Crippen molar-refractivity contribution in [1.29, 1.82) is 0 Å². The standard InChI is InChI=1S/C16H19N/c1-16(2,3)14-10-9-12-8-7-11-5-4-6-13(11)15(12)17-14/h7-10H,4-6H2,1-3H3. The Morgan fingerprint density at radius 2 is 1.76 bits per heavy atom. The number of hydrogen-bond acceptors (Lipinski definition) is 1. The van der Waals surface area contributed by atoms with Crippen LogP contribution in [0.25, 0.3) is 10.9 Å². The Morgan fingerprint density at radius 3 is 2.53 bits per heavy atom. The zero-order valence-corrected chi connectivity index (χ0v) is 10.9. The molecule has 1 heteroatoms. The van der Waals surface area contributed by atoms with Gasteiger partial charge in [-0.3, -0.25) is 4.98 Å². The highest BCUT2D eigenvalue weighted by Crippen LogP contribution is 2.30. The van der Waals surface area contributed by atoms with Gasteiger partial charge in [0.2, 0.25) is 0 Å². The number of nitrogens with zero attached hydrogens (tertiary/aromatic N) is 1. The summed E-state index contributed by atoms with van der Waals surface area (Å²) in [4.78, 5) is 4.92. The van der Waals surface area contributed by atoms with Gasteiger partial charge in [-0.2, -0.15) is 0 Å². The number of benzene rings is 1. The van der Waals surface area contributed by atoms with E-state index in [4.69, 9.17) is 4.98 Å². The van der Waals surface area contributed by atoms with Crippen molar-refractivity contribution < 1.29 is 0 Å². The SMILES string of the molecule is CC(C)(C)c1ccc2ccc3c(c2n1)CCC3. The molecule has 0 saturated carbocycles. The fourth-order valence-electron chi connectivity index (χ4n) is 2.68. The van der Waals surface area contributed by atoms with Crippen LogP contribution in [0, 0.1) is 0 Å². The lowest BCUT2D eigenvalue weighted by molar-refractivity contribution is 0.571. The van der Waals surface area contributed by atoms with Crippen LogP contribution in [0.4, 0.5) is 0 Å². The summed E-state index contributed by atoms with van der Waals surface area (Å²) in [6.45, 7) is 6.68. The average Bonchev–Trinajstić information content (AvgIpc) is 2.75. The first kappa shape index (κ1) is 10.8. The van der Waals surface area contributed by atoms with E-state index in [-0.39, 0.29) is 5.41 Å². The van der Waals surface area contributed by atoms with Gasteiger partial charge in [0.15, 0.2) is 0 Å². The molecule has 1 aliphatic carbocycles. The molecule has 2 aromatic rings. The molecule has 1 aromatic carbocycles. The van der Waals surface area contributed by atoms with Gasteiger partial charge in [0.05, 0.1) is 5.52 Å². The molecule has 0 N–H and O–H groups in total. The minimum atomic E-state index is 0.134. The molecule has 1 heterocycles. The fraction of sp³-hybridized carbons (Fsp3) is 0.438. The van der Waals surface area contributed by atoms with Crippen molar-refractivity contribution in [2.75, 3.05) is 0 Å². The highest BCUT2D eigenvalue weighted by Gasteiger charge is 2.19. The molecule has 0 amide bonds. The van der Waals surface area contributed by atoms with Crippen molar-refractivity contribution in [2.45, 2.75) is 45.4 Å². The van der Waals surface area contributed by atoms with E-state index in [1.807, 2.05) is 0 Å². The second-order valence-electron chi connectivity index (χ2n) is 6.08. The Hall–Kier alpha value is -1.37. The van der Waals surface area contributed by atoms with Gasteiger partial charge in [-0.25, -0.2) is 0 Å². The smallest absolute Gasteiger partial charge is 0.0740 e. The highest BCUT2D eigenvalue weighted by molar-refractivity contribution is 5.83. The van der Waals surface area contributed by atoms with Crippen LogP contribution in [0.5, 0.6) is 0 Å². The molecule has 0 bridgehead atoms. The lowest BCUT2D eigenvalue weighted by atomic mass is 9.91. The summed E-state index contributed by atoms with van der Waals surface area (Å²) in [6.07, 6.45) is 3.72. The second-order valence-corrected chi connectivity index (χ2v) is 6.08. The van der Waals surface area contributed by atoms with Crippen LogP contribution in [0.3, 0.4) is 0 Å². The zero-order chi connectivity index (χ0) is 12.0. The molecule has 17 heavy (non-hydrogen) atoms. The van der Waals surface area contributed by atoms with Gasteiger partial charge in [0, 0.05) is 16.5 Å². The topological polar surface area (TPSA) is 12.9 Å². The molecule has 0 aliphatic heterocycles. The highest BCUT2D eigenvalue weighted by atomic mass is 14.7. The summed E-state index contributed by atoms with van der Waals surface area (Å²) >= 11 is 0. The summed E-state index contributed by atoms with van der Waals surface area (Å²) in [6, 6.07) is 8.90. The van der Waals surface area contributed by atoms with Crippen molar-refractivity contribution in [2.24, 2.45) is 0 Å². The normalized spacial score (nSPS) is 15.2. The summed E-state index contributed by atoms with van der Waals surface area (Å²) in [5, 5.41) is 1.29. The number of hydrogen-bond donors (Lipinski definition) is 0. The number of pyridine rings is 1. The van der Waals surface area contributed by atoms with Crippen LogP contribution in [-0.4, -0.2) is 4.98 Å². The molecule has 0 unspecified atom stereocenters. The van der Waals surface area contributed by atoms with E-state index in [2.05, 4.69) is 45.0 Å². The van der Waals surface area contributed by atoms with Gasteiger partial charge in [0.25, 0.3) is 0 Å². The first-order chi connectivity index (χ1) is 8.05. The van der Waals surface area contributed by atoms with Gasteiger partial charge >= 0.3 is 0 Å². The maximum atomic E-state index is 4.92. The van der Waals surface area contributed by atoms with E-state index in [1.165, 1.54) is 47.0 Å². The van der Waals surface area contributed by atoms with Crippen LogP contribution >= 0.6 is 0 Å². The third-order valence-corrected chi connectivity index (χ3v) is 3.71. The van der Waals surface area contributed by atoms with Crippen LogP contribution in [0.2, 0.25) is 0 Å². The molecule has 0 fully saturated rings. The predicted octanol–water partition coefficient (Wildman–Crippen LogP) is 4.02. The Kier molecular flexibility index (Phi) is 2.25. The first-order valence-corrected chi connectivity index (χ1v) is 6.48. The summed E-state index contributed by atoms with van der Waals surface area (Å²) in [5.74, 6) is 0. The molecule has 0 saturated heterocycles. The Morgan fingerprint density at radius 1 is 1.00 bits per heavy atom. The van der Waals surface area contributed by atoms with E-state index >= 15 is 0 Å². The van der Waals surface area contributed by atoms with Gasteiger partial charge in [0.1, 0.15) is 0 Å². The van der Waals surface area contributed by atoms with Crippen LogP contribution in [0.1, 0.15) is 44.0 Å². The maximum Gasteiger partial charge on any atom is 0.0740 e. The fourth-order valence-corrected chi connectivity index (χ4v) is 2.68. The predicted molar refractivity (Wildman–Crippen MR) is 72.5 cm³/mol. The number of fused-ring (bicyclic) bond motifs is 3. The second kappa shape index (κ2) is 3.56.